The summed E-state index contributed by atoms with van der Waals surface area (Å²) >= 11 is 0. The summed E-state index contributed by atoms with van der Waals surface area (Å²) in [6, 6.07) is 4.35. The minimum atomic E-state index is 0.924. The van der Waals surface area contributed by atoms with Crippen molar-refractivity contribution in [3.63, 3.8) is 0 Å². The van der Waals surface area contributed by atoms with Crippen LogP contribution in [0.25, 0.3) is 0 Å². The number of hydrogen-bond acceptors (Lipinski definition) is 1. The lowest BCUT2D eigenvalue weighted by molar-refractivity contribution is 0.0371. The first-order chi connectivity index (χ1) is 9.87. The molecule has 6 unspecified atom stereocenters. The van der Waals surface area contributed by atoms with Gasteiger partial charge in [0.1, 0.15) is 0 Å². The Labute approximate surface area is 122 Å². The van der Waals surface area contributed by atoms with E-state index in [0.717, 1.165) is 17.3 Å². The highest BCUT2D eigenvalue weighted by Gasteiger charge is 2.75. The van der Waals surface area contributed by atoms with Gasteiger partial charge in [-0.2, -0.15) is 0 Å². The Bertz CT molecular complexity index is 508. The molecular weight excluding hydrogens is 242 g/mol. The predicted molar refractivity (Wildman–Crippen MR) is 80.1 cm³/mol. The third kappa shape index (κ3) is 1.53. The van der Waals surface area contributed by atoms with Crippen LogP contribution in [0.5, 0.6) is 0 Å². The zero-order chi connectivity index (χ0) is 13.2. The van der Waals surface area contributed by atoms with Crippen molar-refractivity contribution in [3.8, 4) is 0 Å². The van der Waals surface area contributed by atoms with Gasteiger partial charge in [-0.25, -0.2) is 0 Å². The number of aryl methyl sites for hydroxylation is 1. The molecule has 0 amide bonds. The van der Waals surface area contributed by atoms with Crippen LogP contribution in [0.2, 0.25) is 0 Å². The van der Waals surface area contributed by atoms with Crippen LogP contribution in [-0.4, -0.2) is 4.98 Å². The second-order valence-corrected chi connectivity index (χ2v) is 8.11. The summed E-state index contributed by atoms with van der Waals surface area (Å²) in [4.78, 5) is 4.10. The maximum atomic E-state index is 4.10. The summed E-state index contributed by atoms with van der Waals surface area (Å²) in [5.41, 5.74) is 2.39. The summed E-state index contributed by atoms with van der Waals surface area (Å²) in [5, 5.41) is 0. The molecule has 0 aromatic carbocycles. The molecule has 0 aliphatic heterocycles. The van der Waals surface area contributed by atoms with E-state index in [0.29, 0.717) is 0 Å². The number of aromatic nitrogens is 1. The van der Waals surface area contributed by atoms with E-state index < -0.39 is 0 Å². The molecule has 0 N–H and O–H groups in total. The number of fused-ring (bicyclic) bond motifs is 1. The molecule has 6 atom stereocenters. The van der Waals surface area contributed by atoms with Gasteiger partial charge in [-0.3, -0.25) is 4.98 Å². The Kier molecular flexibility index (Phi) is 2.40. The lowest BCUT2D eigenvalue weighted by Crippen LogP contribution is -2.38. The molecular formula is C19H25N. The maximum Gasteiger partial charge on any atom is 0.0270 e. The van der Waals surface area contributed by atoms with Gasteiger partial charge in [-0.15, -0.1) is 0 Å². The van der Waals surface area contributed by atoms with Crippen LogP contribution in [0.15, 0.2) is 24.5 Å². The minimum absolute atomic E-state index is 0.924. The highest BCUT2D eigenvalue weighted by Crippen LogP contribution is 2.82. The summed E-state index contributed by atoms with van der Waals surface area (Å²) in [7, 11) is 0. The topological polar surface area (TPSA) is 12.9 Å². The van der Waals surface area contributed by atoms with Crippen molar-refractivity contribution in [2.24, 2.45) is 35.0 Å². The number of unbranched alkanes of at least 4 members (excludes halogenated alkanes) is 1. The first-order valence-corrected chi connectivity index (χ1v) is 8.76. The third-order valence-electron chi connectivity index (χ3n) is 7.41. The zero-order valence-corrected chi connectivity index (χ0v) is 12.3. The van der Waals surface area contributed by atoms with Gasteiger partial charge in [0.2, 0.25) is 0 Å². The summed E-state index contributed by atoms with van der Waals surface area (Å²) in [6.45, 7) is 0. The van der Waals surface area contributed by atoms with Gasteiger partial charge < -0.3 is 0 Å². The molecule has 4 saturated carbocycles. The van der Waals surface area contributed by atoms with E-state index in [1.165, 1.54) is 49.0 Å². The molecule has 20 heavy (non-hydrogen) atoms. The van der Waals surface area contributed by atoms with Gasteiger partial charge in [0.15, 0.2) is 0 Å². The third-order valence-corrected chi connectivity index (χ3v) is 7.41. The Morgan fingerprint density at radius 2 is 1.90 bits per heavy atom. The fourth-order valence-electron chi connectivity index (χ4n) is 6.54. The number of pyridine rings is 1. The number of rotatable bonds is 5. The van der Waals surface area contributed by atoms with E-state index in [-0.39, 0.29) is 0 Å². The molecule has 0 radical (unpaired) electrons. The van der Waals surface area contributed by atoms with Crippen LogP contribution >= 0.6 is 0 Å². The smallest absolute Gasteiger partial charge is 0.0270 e. The van der Waals surface area contributed by atoms with Crippen LogP contribution in [0.1, 0.15) is 50.5 Å². The second-order valence-electron chi connectivity index (χ2n) is 8.11. The quantitative estimate of drug-likeness (QED) is 0.717. The van der Waals surface area contributed by atoms with Crippen LogP contribution < -0.4 is 0 Å². The first kappa shape index (κ1) is 11.8. The average Bonchev–Trinajstić information content (AvgIpc) is 3.15. The van der Waals surface area contributed by atoms with E-state index >= 15 is 0 Å². The van der Waals surface area contributed by atoms with Crippen LogP contribution in [-0.2, 0) is 6.42 Å². The van der Waals surface area contributed by atoms with Gasteiger partial charge in [0, 0.05) is 12.4 Å². The van der Waals surface area contributed by atoms with E-state index in [2.05, 4.69) is 17.1 Å². The highest BCUT2D eigenvalue weighted by molar-refractivity contribution is 5.24. The van der Waals surface area contributed by atoms with Crippen molar-refractivity contribution < 1.29 is 0 Å². The molecule has 4 aliphatic rings. The lowest BCUT2D eigenvalue weighted by atomic mass is 9.60. The Morgan fingerprint density at radius 1 is 1.00 bits per heavy atom. The van der Waals surface area contributed by atoms with E-state index in [1.807, 2.05) is 12.4 Å². The van der Waals surface area contributed by atoms with Crippen molar-refractivity contribution in [1.29, 1.82) is 0 Å². The normalized spacial score (nSPS) is 46.7. The van der Waals surface area contributed by atoms with Crippen molar-refractivity contribution in [2.75, 3.05) is 0 Å². The minimum Gasteiger partial charge on any atom is -0.265 e. The molecule has 1 aromatic heterocycles. The van der Waals surface area contributed by atoms with Crippen LogP contribution in [0.4, 0.5) is 0 Å². The molecule has 1 heterocycles. The van der Waals surface area contributed by atoms with Gasteiger partial charge in [0.05, 0.1) is 0 Å². The summed E-state index contributed by atoms with van der Waals surface area (Å²) in [6.07, 6.45) is 15.9. The molecule has 4 aliphatic carbocycles. The van der Waals surface area contributed by atoms with Gasteiger partial charge in [-0.1, -0.05) is 6.42 Å². The van der Waals surface area contributed by atoms with Crippen molar-refractivity contribution in [2.45, 2.75) is 51.4 Å². The second kappa shape index (κ2) is 4.08. The Morgan fingerprint density at radius 3 is 2.80 bits per heavy atom. The van der Waals surface area contributed by atoms with Gasteiger partial charge in [0.25, 0.3) is 0 Å². The molecule has 1 spiro atoms. The fraction of sp³-hybridized carbons (Fsp3) is 0.737. The zero-order valence-electron chi connectivity index (χ0n) is 12.3. The number of nitrogens with zero attached hydrogens (tertiary/aromatic N) is 1. The van der Waals surface area contributed by atoms with E-state index in [4.69, 9.17) is 0 Å². The van der Waals surface area contributed by atoms with Crippen molar-refractivity contribution in [1.82, 2.24) is 4.98 Å². The van der Waals surface area contributed by atoms with E-state index in [1.54, 1.807) is 25.7 Å². The summed E-state index contributed by atoms with van der Waals surface area (Å²) < 4.78 is 0. The van der Waals surface area contributed by atoms with Gasteiger partial charge >= 0.3 is 0 Å². The van der Waals surface area contributed by atoms with Crippen molar-refractivity contribution >= 4 is 0 Å². The van der Waals surface area contributed by atoms with Crippen LogP contribution in [0.3, 0.4) is 0 Å². The lowest BCUT2D eigenvalue weighted by Gasteiger charge is -2.45. The molecule has 106 valence electrons. The van der Waals surface area contributed by atoms with Crippen molar-refractivity contribution in [3.05, 3.63) is 30.1 Å². The monoisotopic (exact) mass is 267 g/mol. The highest BCUT2D eigenvalue weighted by atomic mass is 14.8. The largest absolute Gasteiger partial charge is 0.265 e. The Hall–Kier alpha value is -0.850. The van der Waals surface area contributed by atoms with Crippen LogP contribution in [0, 0.1) is 35.0 Å². The predicted octanol–water partition coefficient (Wildman–Crippen LogP) is 4.48. The fourth-order valence-corrected chi connectivity index (χ4v) is 6.54. The van der Waals surface area contributed by atoms with E-state index in [9.17, 15) is 0 Å². The molecule has 1 heteroatoms. The maximum absolute atomic E-state index is 4.10. The summed E-state index contributed by atoms with van der Waals surface area (Å²) in [5.74, 6) is 5.80. The van der Waals surface area contributed by atoms with Gasteiger partial charge in [-0.05, 0) is 97.6 Å². The SMILES string of the molecule is c1cc(CCCCC2C3CC4CC5(CC25)C4C3)ccn1. The first-order valence-electron chi connectivity index (χ1n) is 8.76. The molecule has 2 bridgehead atoms. The molecule has 1 nitrogen and oxygen atoms in total. The number of hydrogen-bond donors (Lipinski definition) is 0. The average molecular weight is 267 g/mol. The molecule has 5 rings (SSSR count). The molecule has 0 saturated heterocycles. The standard InChI is InChI=1S/C19H25N/c1(3-13-5-7-20-8-6-13)2-4-16-14-9-15-11-19(12-18(16)19)17(15)10-14/h5-8,14-18H,1-4,9-12H2. The Balaban J connectivity index is 1.16. The molecule has 4 fully saturated rings. The molecule has 1 aromatic rings.